The van der Waals surface area contributed by atoms with Crippen molar-refractivity contribution in [1.82, 2.24) is 15.2 Å². The molecule has 1 atom stereocenters. The number of amides is 1. The van der Waals surface area contributed by atoms with Crippen molar-refractivity contribution in [2.75, 3.05) is 19.6 Å². The molecule has 0 bridgehead atoms. The Morgan fingerprint density at radius 3 is 2.56 bits per heavy atom. The van der Waals surface area contributed by atoms with E-state index in [-0.39, 0.29) is 18.5 Å². The van der Waals surface area contributed by atoms with Gasteiger partial charge < -0.3 is 5.32 Å². The van der Waals surface area contributed by atoms with Crippen molar-refractivity contribution >= 4 is 23.0 Å². The van der Waals surface area contributed by atoms with Crippen LogP contribution in [0.25, 0.3) is 10.9 Å². The van der Waals surface area contributed by atoms with Crippen molar-refractivity contribution in [3.8, 4) is 0 Å². The van der Waals surface area contributed by atoms with E-state index in [2.05, 4.69) is 26.8 Å². The van der Waals surface area contributed by atoms with Gasteiger partial charge in [-0.05, 0) is 63.6 Å². The molecule has 2 aromatic rings. The fraction of sp³-hybridized carbons (Fsp3) is 0.423. The van der Waals surface area contributed by atoms with E-state index in [9.17, 15) is 18.0 Å². The molecule has 1 saturated heterocycles. The van der Waals surface area contributed by atoms with Crippen molar-refractivity contribution in [1.29, 1.82) is 0 Å². The van der Waals surface area contributed by atoms with Gasteiger partial charge in [0.25, 0.3) is 5.91 Å². The molecule has 8 heteroatoms. The van der Waals surface area contributed by atoms with Crippen LogP contribution in [0.3, 0.4) is 0 Å². The second-order valence-electron chi connectivity index (χ2n) is 8.49. The highest BCUT2D eigenvalue weighted by Gasteiger charge is 2.32. The average molecular weight is 473 g/mol. The van der Waals surface area contributed by atoms with Gasteiger partial charge in [0.2, 0.25) is 0 Å². The molecule has 0 radical (unpaired) electrons. The summed E-state index contributed by atoms with van der Waals surface area (Å²) in [6.07, 6.45) is 2.62. The summed E-state index contributed by atoms with van der Waals surface area (Å²) in [4.78, 5) is 23.4. The Hall–Kier alpha value is -3.00. The maximum Gasteiger partial charge on any atom is 0.432 e. The first-order valence-electron chi connectivity index (χ1n) is 11.6. The summed E-state index contributed by atoms with van der Waals surface area (Å²) >= 11 is 0. The summed E-state index contributed by atoms with van der Waals surface area (Å²) in [7, 11) is 0. The number of carbonyl (C=O) groups excluding carboxylic acids is 1. The molecular formula is C26H31F3N4O. The third kappa shape index (κ3) is 6.53. The molecule has 1 aliphatic rings. The summed E-state index contributed by atoms with van der Waals surface area (Å²) in [5, 5.41) is 3.76. The smallest absolute Gasteiger partial charge is 0.350 e. The molecule has 0 saturated carbocycles. The van der Waals surface area contributed by atoms with E-state index in [0.29, 0.717) is 11.1 Å². The first-order chi connectivity index (χ1) is 16.2. The predicted molar refractivity (Wildman–Crippen MR) is 130 cm³/mol. The van der Waals surface area contributed by atoms with Crippen LogP contribution in [0.5, 0.6) is 0 Å². The summed E-state index contributed by atoms with van der Waals surface area (Å²) in [5.41, 5.74) is 1.58. The molecule has 34 heavy (non-hydrogen) atoms. The third-order valence-electron chi connectivity index (χ3n) is 6.07. The summed E-state index contributed by atoms with van der Waals surface area (Å²) in [5.74, 6) is -0.247. The molecular weight excluding hydrogens is 441 g/mol. The minimum absolute atomic E-state index is 0.247. The van der Waals surface area contributed by atoms with Gasteiger partial charge in [0, 0.05) is 29.4 Å². The molecule has 3 rings (SSSR count). The molecule has 1 aromatic heterocycles. The van der Waals surface area contributed by atoms with Crippen LogP contribution in [0.1, 0.15) is 48.7 Å². The van der Waals surface area contributed by atoms with Crippen LogP contribution in [0.15, 0.2) is 59.2 Å². The van der Waals surface area contributed by atoms with E-state index in [1.807, 2.05) is 25.1 Å². The number of allylic oxidation sites excluding steroid dienone is 2. The molecule has 1 N–H and O–H groups in total. The molecule has 182 valence electrons. The lowest BCUT2D eigenvalue weighted by Crippen LogP contribution is -2.46. The van der Waals surface area contributed by atoms with Crippen LogP contribution in [0.4, 0.5) is 13.2 Å². The van der Waals surface area contributed by atoms with Gasteiger partial charge in [-0.3, -0.25) is 19.7 Å². The SMILES string of the molecule is C=C(/N=C\C(=C/C)C(CNC(=O)c1cccc2nc(C)ccc12)N1CCCCCC1)C(F)(F)F. The van der Waals surface area contributed by atoms with Crippen LogP contribution >= 0.6 is 0 Å². The number of hydrogen-bond acceptors (Lipinski definition) is 4. The molecule has 0 spiro atoms. The van der Waals surface area contributed by atoms with E-state index < -0.39 is 11.9 Å². The van der Waals surface area contributed by atoms with Gasteiger partial charge in [0.15, 0.2) is 0 Å². The van der Waals surface area contributed by atoms with Crippen LogP contribution < -0.4 is 5.32 Å². The third-order valence-corrected chi connectivity index (χ3v) is 6.07. The van der Waals surface area contributed by atoms with Crippen molar-refractivity contribution in [3.05, 3.63) is 65.5 Å². The normalized spacial score (nSPS) is 17.0. The maximum absolute atomic E-state index is 13.1. The largest absolute Gasteiger partial charge is 0.432 e. The number of nitrogens with zero attached hydrogens (tertiary/aromatic N) is 3. The molecule has 1 aromatic carbocycles. The van der Waals surface area contributed by atoms with Crippen LogP contribution in [0.2, 0.25) is 0 Å². The highest BCUT2D eigenvalue weighted by molar-refractivity contribution is 6.06. The highest BCUT2D eigenvalue weighted by Crippen LogP contribution is 2.25. The second kappa shape index (κ2) is 11.4. The van der Waals surface area contributed by atoms with E-state index in [1.165, 1.54) is 6.21 Å². The lowest BCUT2D eigenvalue weighted by molar-refractivity contribution is -0.0918. The fourth-order valence-electron chi connectivity index (χ4n) is 4.18. The Kier molecular flexibility index (Phi) is 8.61. The Labute approximate surface area is 198 Å². The van der Waals surface area contributed by atoms with Gasteiger partial charge >= 0.3 is 6.18 Å². The monoisotopic (exact) mass is 472 g/mol. The molecule has 1 unspecified atom stereocenters. The standard InChI is InChI=1S/C26H31F3N4O/c1-4-20(16-30-19(3)26(27,28)29)24(33-14-7-5-6-8-15-33)17-31-25(34)22-10-9-11-23-21(22)13-12-18(2)32-23/h4,9-13,16,24H,3,5-8,14-15,17H2,1-2H3,(H,31,34)/b20-4+,30-16-. The van der Waals surface area contributed by atoms with E-state index in [0.717, 1.165) is 55.4 Å². The van der Waals surface area contributed by atoms with Gasteiger partial charge in [0.1, 0.15) is 5.70 Å². The number of aromatic nitrogens is 1. The summed E-state index contributed by atoms with van der Waals surface area (Å²) < 4.78 is 38.7. The minimum atomic E-state index is -4.58. The van der Waals surface area contributed by atoms with E-state index in [4.69, 9.17) is 0 Å². The Balaban J connectivity index is 1.83. The van der Waals surface area contributed by atoms with Gasteiger partial charge in [-0.25, -0.2) is 0 Å². The number of hydrogen-bond donors (Lipinski definition) is 1. The highest BCUT2D eigenvalue weighted by atomic mass is 19.4. The van der Waals surface area contributed by atoms with E-state index >= 15 is 0 Å². The number of pyridine rings is 1. The molecule has 0 aliphatic carbocycles. The van der Waals surface area contributed by atoms with E-state index in [1.54, 1.807) is 25.1 Å². The number of aliphatic imine (C=N–C) groups is 1. The van der Waals surface area contributed by atoms with Crippen molar-refractivity contribution in [2.24, 2.45) is 4.99 Å². The minimum Gasteiger partial charge on any atom is -0.350 e. The topological polar surface area (TPSA) is 57.6 Å². The first kappa shape index (κ1) is 25.6. The Morgan fingerprint density at radius 2 is 1.91 bits per heavy atom. The number of nitrogens with one attached hydrogen (secondary N) is 1. The van der Waals surface area contributed by atoms with Gasteiger partial charge in [-0.1, -0.05) is 37.6 Å². The number of alkyl halides is 3. The second-order valence-corrected chi connectivity index (χ2v) is 8.49. The zero-order valence-corrected chi connectivity index (χ0v) is 19.7. The number of aryl methyl sites for hydroxylation is 1. The number of halogens is 3. The Morgan fingerprint density at radius 1 is 1.21 bits per heavy atom. The Bertz CT molecular complexity index is 1080. The molecule has 1 fully saturated rings. The van der Waals surface area contributed by atoms with Gasteiger partial charge in [-0.2, -0.15) is 13.2 Å². The summed E-state index contributed by atoms with van der Waals surface area (Å²) in [6, 6.07) is 8.85. The first-order valence-corrected chi connectivity index (χ1v) is 11.6. The predicted octanol–water partition coefficient (Wildman–Crippen LogP) is 5.61. The van der Waals surface area contributed by atoms with Crippen molar-refractivity contribution in [3.63, 3.8) is 0 Å². The lowest BCUT2D eigenvalue weighted by atomic mass is 10.0. The molecule has 2 heterocycles. The quantitative estimate of drug-likeness (QED) is 0.533. The van der Waals surface area contributed by atoms with Crippen LogP contribution in [-0.2, 0) is 0 Å². The van der Waals surface area contributed by atoms with Crippen molar-refractivity contribution in [2.45, 2.75) is 51.7 Å². The van der Waals surface area contributed by atoms with Crippen molar-refractivity contribution < 1.29 is 18.0 Å². The number of rotatable bonds is 7. The maximum atomic E-state index is 13.1. The number of benzene rings is 1. The number of carbonyl (C=O) groups is 1. The van der Waals surface area contributed by atoms with Gasteiger partial charge in [-0.15, -0.1) is 0 Å². The average Bonchev–Trinajstić information content (AvgIpc) is 3.09. The zero-order chi connectivity index (χ0) is 24.7. The van der Waals surface area contributed by atoms with Crippen LogP contribution in [-0.4, -0.2) is 53.9 Å². The number of likely N-dealkylation sites (tertiary alicyclic amines) is 1. The molecule has 5 nitrogen and oxygen atoms in total. The zero-order valence-electron chi connectivity index (χ0n) is 19.7. The molecule has 1 amide bonds. The summed E-state index contributed by atoms with van der Waals surface area (Å²) in [6.45, 7) is 8.56. The molecule has 1 aliphatic heterocycles. The lowest BCUT2D eigenvalue weighted by Gasteiger charge is -2.31. The van der Waals surface area contributed by atoms with Crippen LogP contribution in [0, 0.1) is 6.92 Å². The number of fused-ring (bicyclic) bond motifs is 1. The fourth-order valence-corrected chi connectivity index (χ4v) is 4.18. The van der Waals surface area contributed by atoms with Gasteiger partial charge in [0.05, 0.1) is 11.6 Å².